The summed E-state index contributed by atoms with van der Waals surface area (Å²) >= 11 is 5.97. The van der Waals surface area contributed by atoms with Crippen LogP contribution in [0.2, 0.25) is 5.02 Å². The summed E-state index contributed by atoms with van der Waals surface area (Å²) in [5, 5.41) is 3.39. The molecule has 0 radical (unpaired) electrons. The van der Waals surface area contributed by atoms with Crippen LogP contribution in [-0.4, -0.2) is 37.0 Å². The molecule has 3 N–H and O–H groups in total. The molecule has 0 fully saturated rings. The number of amides is 1. The lowest BCUT2D eigenvalue weighted by molar-refractivity contribution is -0.122. The maximum atomic E-state index is 11.8. The molecular weight excluding hydrogens is 286 g/mol. The molecule has 5 heteroatoms. The number of rotatable bonds is 8. The molecule has 4 nitrogen and oxygen atoms in total. The number of likely N-dealkylation sites (N-methyl/N-ethyl adjacent to an activating group) is 1. The average molecular weight is 312 g/mol. The Morgan fingerprint density at radius 1 is 1.33 bits per heavy atom. The van der Waals surface area contributed by atoms with E-state index in [4.69, 9.17) is 17.3 Å². The van der Waals surface area contributed by atoms with Gasteiger partial charge in [0.05, 0.1) is 12.6 Å². The number of nitrogens with zero attached hydrogens (tertiary/aromatic N) is 1. The van der Waals surface area contributed by atoms with Crippen LogP contribution < -0.4 is 11.1 Å². The molecule has 1 aromatic rings. The second kappa shape index (κ2) is 9.03. The minimum absolute atomic E-state index is 0.00529. The highest BCUT2D eigenvalue weighted by molar-refractivity contribution is 6.30. The molecule has 0 saturated heterocycles. The summed E-state index contributed by atoms with van der Waals surface area (Å²) in [6.45, 7) is 5.35. The zero-order chi connectivity index (χ0) is 15.8. The Balaban J connectivity index is 3.07. The van der Waals surface area contributed by atoms with Gasteiger partial charge in [-0.25, -0.2) is 0 Å². The van der Waals surface area contributed by atoms with Gasteiger partial charge in [-0.2, -0.15) is 0 Å². The van der Waals surface area contributed by atoms with Gasteiger partial charge in [-0.15, -0.1) is 0 Å². The summed E-state index contributed by atoms with van der Waals surface area (Å²) in [7, 11) is 1.66. The van der Waals surface area contributed by atoms with Crippen molar-refractivity contribution in [2.24, 2.45) is 5.73 Å². The Labute approximate surface area is 132 Å². The van der Waals surface area contributed by atoms with Crippen molar-refractivity contribution in [2.45, 2.75) is 38.8 Å². The summed E-state index contributed by atoms with van der Waals surface area (Å²) in [6, 6.07) is 7.73. The zero-order valence-electron chi connectivity index (χ0n) is 13.1. The monoisotopic (exact) mass is 311 g/mol. The van der Waals surface area contributed by atoms with Crippen LogP contribution in [-0.2, 0) is 4.79 Å². The van der Waals surface area contributed by atoms with Crippen LogP contribution in [0, 0.1) is 0 Å². The van der Waals surface area contributed by atoms with Crippen LogP contribution in [0.4, 0.5) is 0 Å². The summed E-state index contributed by atoms with van der Waals surface area (Å²) in [6.07, 6.45) is 1.82. The molecule has 0 aliphatic heterocycles. The number of nitrogens with one attached hydrogen (secondary N) is 1. The molecule has 2 atom stereocenters. The fourth-order valence-corrected chi connectivity index (χ4v) is 2.61. The largest absolute Gasteiger partial charge is 0.358 e. The van der Waals surface area contributed by atoms with Crippen molar-refractivity contribution >= 4 is 17.5 Å². The Bertz CT molecular complexity index is 436. The summed E-state index contributed by atoms with van der Waals surface area (Å²) in [5.41, 5.74) is 7.43. The van der Waals surface area contributed by atoms with E-state index in [9.17, 15) is 4.79 Å². The van der Waals surface area contributed by atoms with Crippen molar-refractivity contribution in [3.63, 3.8) is 0 Å². The van der Waals surface area contributed by atoms with E-state index in [0.29, 0.717) is 11.6 Å². The average Bonchev–Trinajstić information content (AvgIpc) is 2.49. The molecule has 1 rings (SSSR count). The first-order valence-electron chi connectivity index (χ1n) is 7.49. The van der Waals surface area contributed by atoms with E-state index in [1.807, 2.05) is 24.3 Å². The van der Waals surface area contributed by atoms with Crippen LogP contribution in [0.3, 0.4) is 0 Å². The van der Waals surface area contributed by atoms with E-state index in [0.717, 1.165) is 24.9 Å². The van der Waals surface area contributed by atoms with E-state index in [1.54, 1.807) is 7.05 Å². The molecule has 0 bridgehead atoms. The molecule has 1 aromatic carbocycles. The highest BCUT2D eigenvalue weighted by Gasteiger charge is 2.26. The van der Waals surface area contributed by atoms with Gasteiger partial charge < -0.3 is 11.1 Å². The predicted molar refractivity (Wildman–Crippen MR) is 88.4 cm³/mol. The predicted octanol–water partition coefficient (Wildman–Crippen LogP) is 2.58. The summed E-state index contributed by atoms with van der Waals surface area (Å²) in [5.74, 6) is 0.00529. The van der Waals surface area contributed by atoms with Gasteiger partial charge in [0.15, 0.2) is 0 Å². The van der Waals surface area contributed by atoms with Crippen molar-refractivity contribution in [3.05, 3.63) is 34.9 Å². The van der Waals surface area contributed by atoms with Gasteiger partial charge in [0.1, 0.15) is 0 Å². The first-order chi connectivity index (χ1) is 10.0. The number of carbonyl (C=O) groups excluding carboxylic acids is 1. The second-order valence-corrected chi connectivity index (χ2v) is 5.65. The van der Waals surface area contributed by atoms with Gasteiger partial charge in [0.2, 0.25) is 5.91 Å². The lowest BCUT2D eigenvalue weighted by atomic mass is 9.96. The molecule has 0 aliphatic carbocycles. The number of halogens is 1. The number of hydrogen-bond donors (Lipinski definition) is 2. The third-order valence-electron chi connectivity index (χ3n) is 3.62. The van der Waals surface area contributed by atoms with E-state index < -0.39 is 0 Å². The molecule has 2 unspecified atom stereocenters. The summed E-state index contributed by atoms with van der Waals surface area (Å²) in [4.78, 5) is 13.9. The molecule has 1 amide bonds. The third kappa shape index (κ3) is 5.30. The van der Waals surface area contributed by atoms with E-state index in [-0.39, 0.29) is 18.0 Å². The van der Waals surface area contributed by atoms with Gasteiger partial charge in [-0.1, -0.05) is 37.6 Å². The number of hydrogen-bond acceptors (Lipinski definition) is 3. The summed E-state index contributed by atoms with van der Waals surface area (Å²) < 4.78 is 0. The fraction of sp³-hybridized carbons (Fsp3) is 0.562. The number of nitrogens with two attached hydrogens (primary N) is 1. The fourth-order valence-electron chi connectivity index (χ4n) is 2.48. The Morgan fingerprint density at radius 3 is 2.43 bits per heavy atom. The molecule has 118 valence electrons. The lowest BCUT2D eigenvalue weighted by Gasteiger charge is -2.35. The highest BCUT2D eigenvalue weighted by atomic mass is 35.5. The van der Waals surface area contributed by atoms with Crippen LogP contribution in [0.1, 0.15) is 38.3 Å². The standard InChI is InChI=1S/C16H26ClN3O/c1-4-10-20(11-15(21)19-3)16(14(18)5-2)12-6-8-13(17)9-7-12/h6-9,14,16H,4-5,10-11,18H2,1-3H3,(H,19,21). The van der Waals surface area contributed by atoms with Crippen LogP contribution in [0.15, 0.2) is 24.3 Å². The SMILES string of the molecule is CCCN(CC(=O)NC)C(c1ccc(Cl)cc1)C(N)CC. The number of benzene rings is 1. The van der Waals surface area contributed by atoms with Crippen molar-refractivity contribution < 1.29 is 4.79 Å². The lowest BCUT2D eigenvalue weighted by Crippen LogP contribution is -2.45. The molecule has 0 saturated carbocycles. The maximum absolute atomic E-state index is 11.8. The van der Waals surface area contributed by atoms with Crippen LogP contribution in [0.25, 0.3) is 0 Å². The Hall–Kier alpha value is -1.10. The molecule has 0 spiro atoms. The first kappa shape index (κ1) is 18.0. The smallest absolute Gasteiger partial charge is 0.233 e. The maximum Gasteiger partial charge on any atom is 0.233 e. The van der Waals surface area contributed by atoms with Gasteiger partial charge >= 0.3 is 0 Å². The Morgan fingerprint density at radius 2 is 1.95 bits per heavy atom. The van der Waals surface area contributed by atoms with Crippen LogP contribution in [0.5, 0.6) is 0 Å². The normalized spacial score (nSPS) is 14.0. The quantitative estimate of drug-likeness (QED) is 0.776. The highest BCUT2D eigenvalue weighted by Crippen LogP contribution is 2.26. The van der Waals surface area contributed by atoms with Gasteiger partial charge in [0.25, 0.3) is 0 Å². The van der Waals surface area contributed by atoms with Gasteiger partial charge in [-0.3, -0.25) is 9.69 Å². The third-order valence-corrected chi connectivity index (χ3v) is 3.87. The molecule has 0 aliphatic rings. The number of carbonyl (C=O) groups is 1. The Kier molecular flexibility index (Phi) is 7.72. The van der Waals surface area contributed by atoms with E-state index in [1.165, 1.54) is 0 Å². The second-order valence-electron chi connectivity index (χ2n) is 5.21. The molecular formula is C16H26ClN3O. The minimum atomic E-state index is -0.0256. The van der Waals surface area contributed by atoms with Crippen LogP contribution >= 0.6 is 11.6 Å². The topological polar surface area (TPSA) is 58.4 Å². The van der Waals surface area contributed by atoms with Crippen molar-refractivity contribution in [1.29, 1.82) is 0 Å². The zero-order valence-corrected chi connectivity index (χ0v) is 13.9. The van der Waals surface area contributed by atoms with Crippen molar-refractivity contribution in [3.8, 4) is 0 Å². The van der Waals surface area contributed by atoms with Gasteiger partial charge in [-0.05, 0) is 37.1 Å². The van der Waals surface area contributed by atoms with Gasteiger partial charge in [0, 0.05) is 18.1 Å². The van der Waals surface area contributed by atoms with Crippen molar-refractivity contribution in [2.75, 3.05) is 20.1 Å². The molecule has 0 heterocycles. The van der Waals surface area contributed by atoms with Crippen molar-refractivity contribution in [1.82, 2.24) is 10.2 Å². The molecule has 0 aromatic heterocycles. The minimum Gasteiger partial charge on any atom is -0.358 e. The first-order valence-corrected chi connectivity index (χ1v) is 7.86. The molecule has 21 heavy (non-hydrogen) atoms. The van der Waals surface area contributed by atoms with E-state index >= 15 is 0 Å². The van der Waals surface area contributed by atoms with E-state index in [2.05, 4.69) is 24.1 Å².